The zero-order chi connectivity index (χ0) is 39.2. The minimum atomic E-state index is -0.761. The van der Waals surface area contributed by atoms with Crippen molar-refractivity contribution in [2.75, 3.05) is 24.3 Å². The minimum Gasteiger partial charge on any atom is -0.465 e. The number of methoxy groups -OCH3 is 1. The van der Waals surface area contributed by atoms with Gasteiger partial charge in [0.15, 0.2) is 0 Å². The van der Waals surface area contributed by atoms with Gasteiger partial charge < -0.3 is 30.6 Å². The minimum absolute atomic E-state index is 0.0367. The SMILES string of the molecule is COC(=O)c1c(NC(=O)C(Sc2cccc(NC(=O)/C(=C/c3c[nH]c4ccccc34)NC(=O)c3ccccc3)c2)c2ccccc2)sc2c1CCN(C(C)=O)C2. The van der Waals surface area contributed by atoms with Crippen LogP contribution < -0.4 is 16.0 Å². The summed E-state index contributed by atoms with van der Waals surface area (Å²) in [6.07, 6.45) is 3.88. The molecule has 1 atom stereocenters. The van der Waals surface area contributed by atoms with Crippen LogP contribution in [0.4, 0.5) is 10.7 Å². The molecule has 4 amide bonds. The first kappa shape index (κ1) is 37.9. The third-order valence-corrected chi connectivity index (χ3v) is 11.6. The third kappa shape index (κ3) is 8.43. The maximum atomic E-state index is 14.2. The molecular formula is C43H37N5O6S2. The lowest BCUT2D eigenvalue weighted by Crippen LogP contribution is -2.33. The Kier molecular flexibility index (Phi) is 11.4. The second kappa shape index (κ2) is 16.9. The molecule has 0 aliphatic carbocycles. The van der Waals surface area contributed by atoms with E-state index in [1.165, 1.54) is 37.1 Å². The van der Waals surface area contributed by atoms with E-state index in [1.54, 1.807) is 59.6 Å². The van der Waals surface area contributed by atoms with Gasteiger partial charge in [-0.3, -0.25) is 19.2 Å². The van der Waals surface area contributed by atoms with Crippen LogP contribution in [0.5, 0.6) is 0 Å². The summed E-state index contributed by atoms with van der Waals surface area (Å²) in [6, 6.07) is 32.7. The standard InChI is InChI=1S/C43H37N5O6S2/c1-26(49)48-21-20-33-36(25-48)56-42(37(33)43(53)54-2)47-41(52)38(27-12-5-3-6-13-27)55-31-17-11-16-30(23-31)45-40(51)35(46-39(50)28-14-7-4-8-15-28)22-29-24-44-34-19-10-9-18-32(29)34/h3-19,22-24,38,44H,20-21,25H2,1-2H3,(H,45,51)(H,46,50)(H,47,52)/b35-22-. The van der Waals surface area contributed by atoms with Crippen molar-refractivity contribution in [3.8, 4) is 0 Å². The number of fused-ring (bicyclic) bond motifs is 2. The fourth-order valence-electron chi connectivity index (χ4n) is 6.45. The molecule has 0 saturated heterocycles. The van der Waals surface area contributed by atoms with Crippen LogP contribution in [0.25, 0.3) is 17.0 Å². The van der Waals surface area contributed by atoms with Crippen LogP contribution in [0.2, 0.25) is 0 Å². The van der Waals surface area contributed by atoms with Gasteiger partial charge in [-0.25, -0.2) is 4.79 Å². The van der Waals surface area contributed by atoms with Crippen LogP contribution >= 0.6 is 23.1 Å². The van der Waals surface area contributed by atoms with E-state index in [-0.39, 0.29) is 17.5 Å². The topological polar surface area (TPSA) is 150 Å². The quantitative estimate of drug-likeness (QED) is 0.0595. The Morgan fingerprint density at radius 1 is 0.893 bits per heavy atom. The number of hydrogen-bond acceptors (Lipinski definition) is 8. The molecular weight excluding hydrogens is 747 g/mol. The zero-order valence-electron chi connectivity index (χ0n) is 30.5. The number of nitrogens with one attached hydrogen (secondary N) is 4. The van der Waals surface area contributed by atoms with Gasteiger partial charge in [-0.15, -0.1) is 23.1 Å². The van der Waals surface area contributed by atoms with Crippen LogP contribution in [0.1, 0.15) is 54.5 Å². The smallest absolute Gasteiger partial charge is 0.341 e. The maximum Gasteiger partial charge on any atom is 0.341 e. The highest BCUT2D eigenvalue weighted by Gasteiger charge is 2.32. The largest absolute Gasteiger partial charge is 0.465 e. The van der Waals surface area contributed by atoms with Crippen molar-refractivity contribution in [3.63, 3.8) is 0 Å². The number of ether oxygens (including phenoxy) is 1. The van der Waals surface area contributed by atoms with Crippen molar-refractivity contribution in [2.45, 2.75) is 30.0 Å². The molecule has 0 radical (unpaired) electrons. The molecule has 4 aromatic carbocycles. The number of rotatable bonds is 11. The third-order valence-electron chi connectivity index (χ3n) is 9.26. The molecule has 3 heterocycles. The van der Waals surface area contributed by atoms with Crippen molar-refractivity contribution >= 4 is 80.4 Å². The van der Waals surface area contributed by atoms with E-state index in [0.29, 0.717) is 46.2 Å². The number of benzene rings is 4. The number of thiophene rings is 1. The highest BCUT2D eigenvalue weighted by atomic mass is 32.2. The molecule has 0 fully saturated rings. The summed E-state index contributed by atoms with van der Waals surface area (Å²) < 4.78 is 5.12. The number of amides is 4. The number of carbonyl (C=O) groups excluding carboxylic acids is 5. The second-order valence-corrected chi connectivity index (χ2v) is 15.2. The Labute approximate surface area is 331 Å². The van der Waals surface area contributed by atoms with Gasteiger partial charge in [-0.05, 0) is 60.0 Å². The number of aromatic nitrogens is 1. The summed E-state index contributed by atoms with van der Waals surface area (Å²) in [5.74, 6) is -1.97. The average Bonchev–Trinajstić information content (AvgIpc) is 3.80. The number of thioether (sulfide) groups is 1. The fraction of sp³-hybridized carbons (Fsp3) is 0.140. The summed E-state index contributed by atoms with van der Waals surface area (Å²) in [5, 5.41) is 9.21. The Morgan fingerprint density at radius 3 is 2.38 bits per heavy atom. The molecule has 4 N–H and O–H groups in total. The molecule has 282 valence electrons. The normalized spacial score (nSPS) is 13.0. The first-order chi connectivity index (χ1) is 27.2. The summed E-state index contributed by atoms with van der Waals surface area (Å²) in [4.78, 5) is 73.0. The van der Waals surface area contributed by atoms with E-state index in [9.17, 15) is 24.0 Å². The van der Waals surface area contributed by atoms with E-state index >= 15 is 0 Å². The van der Waals surface area contributed by atoms with Crippen LogP contribution in [0, 0.1) is 0 Å². The Bertz CT molecular complexity index is 2480. The van der Waals surface area contributed by atoms with Gasteiger partial charge in [0.25, 0.3) is 11.8 Å². The van der Waals surface area contributed by atoms with Gasteiger partial charge >= 0.3 is 5.97 Å². The molecule has 11 nitrogen and oxygen atoms in total. The molecule has 6 aromatic rings. The van der Waals surface area contributed by atoms with Gasteiger partial charge in [0.2, 0.25) is 11.8 Å². The van der Waals surface area contributed by atoms with Gasteiger partial charge in [0.1, 0.15) is 15.9 Å². The molecule has 7 rings (SSSR count). The lowest BCUT2D eigenvalue weighted by Gasteiger charge is -2.25. The predicted octanol–water partition coefficient (Wildman–Crippen LogP) is 7.80. The Hall–Kier alpha value is -6.44. The van der Waals surface area contributed by atoms with Gasteiger partial charge in [0.05, 0.1) is 19.2 Å². The zero-order valence-corrected chi connectivity index (χ0v) is 32.1. The summed E-state index contributed by atoms with van der Waals surface area (Å²) >= 11 is 2.54. The van der Waals surface area contributed by atoms with Crippen LogP contribution in [0.15, 0.2) is 126 Å². The van der Waals surface area contributed by atoms with Crippen molar-refractivity contribution in [2.24, 2.45) is 0 Å². The van der Waals surface area contributed by atoms with E-state index in [2.05, 4.69) is 20.9 Å². The van der Waals surface area contributed by atoms with Crippen molar-refractivity contribution in [3.05, 3.63) is 154 Å². The first-order valence-corrected chi connectivity index (χ1v) is 19.4. The maximum absolute atomic E-state index is 14.2. The van der Waals surface area contributed by atoms with Crippen molar-refractivity contribution in [1.82, 2.24) is 15.2 Å². The number of para-hydroxylation sites is 1. The summed E-state index contributed by atoms with van der Waals surface area (Å²) in [7, 11) is 1.30. The predicted molar refractivity (Wildman–Crippen MR) is 219 cm³/mol. The molecule has 1 unspecified atom stereocenters. The number of aromatic amines is 1. The molecule has 0 saturated carbocycles. The summed E-state index contributed by atoms with van der Waals surface area (Å²) in [5.41, 5.74) is 4.29. The second-order valence-electron chi connectivity index (χ2n) is 12.9. The van der Waals surface area contributed by atoms with E-state index in [0.717, 1.165) is 32.5 Å². The Morgan fingerprint density at radius 2 is 1.62 bits per heavy atom. The lowest BCUT2D eigenvalue weighted by molar-refractivity contribution is -0.129. The summed E-state index contributed by atoms with van der Waals surface area (Å²) in [6.45, 7) is 2.32. The highest BCUT2D eigenvalue weighted by Crippen LogP contribution is 2.41. The number of hydrogen-bond donors (Lipinski definition) is 4. The van der Waals surface area contributed by atoms with Crippen molar-refractivity contribution < 1.29 is 28.7 Å². The molecule has 0 spiro atoms. The van der Waals surface area contributed by atoms with Gasteiger partial charge in [-0.1, -0.05) is 72.8 Å². The van der Waals surface area contributed by atoms with E-state index in [1.807, 2.05) is 66.7 Å². The molecule has 13 heteroatoms. The van der Waals surface area contributed by atoms with E-state index < -0.39 is 23.0 Å². The molecule has 1 aliphatic rings. The van der Waals surface area contributed by atoms with Gasteiger partial charge in [0, 0.05) is 57.2 Å². The number of anilines is 2. The molecule has 56 heavy (non-hydrogen) atoms. The number of nitrogens with zero attached hydrogens (tertiary/aromatic N) is 1. The molecule has 2 aromatic heterocycles. The number of esters is 1. The first-order valence-electron chi connectivity index (χ1n) is 17.7. The van der Waals surface area contributed by atoms with Crippen molar-refractivity contribution in [1.29, 1.82) is 0 Å². The van der Waals surface area contributed by atoms with Crippen LogP contribution in [-0.2, 0) is 32.1 Å². The van der Waals surface area contributed by atoms with Crippen LogP contribution in [-0.4, -0.2) is 53.1 Å². The highest BCUT2D eigenvalue weighted by molar-refractivity contribution is 8.00. The fourth-order valence-corrected chi connectivity index (χ4v) is 8.79. The lowest BCUT2D eigenvalue weighted by atomic mass is 10.0. The Balaban J connectivity index is 1.15. The molecule has 0 bridgehead atoms. The van der Waals surface area contributed by atoms with Crippen LogP contribution in [0.3, 0.4) is 0 Å². The van der Waals surface area contributed by atoms with E-state index in [4.69, 9.17) is 4.74 Å². The van der Waals surface area contributed by atoms with Gasteiger partial charge in [-0.2, -0.15) is 0 Å². The number of H-pyrrole nitrogens is 1. The number of carbonyl (C=O) groups is 5. The average molecular weight is 784 g/mol. The molecule has 1 aliphatic heterocycles. The monoisotopic (exact) mass is 783 g/mol.